The lowest BCUT2D eigenvalue weighted by atomic mass is 9.91. The number of amides is 1. The van der Waals surface area contributed by atoms with Crippen molar-refractivity contribution in [3.8, 4) is 0 Å². The summed E-state index contributed by atoms with van der Waals surface area (Å²) < 4.78 is 0. The van der Waals surface area contributed by atoms with E-state index in [-0.39, 0.29) is 11.4 Å². The van der Waals surface area contributed by atoms with E-state index in [2.05, 4.69) is 10.6 Å². The van der Waals surface area contributed by atoms with Gasteiger partial charge in [-0.1, -0.05) is 25.7 Å². The standard InChI is InChI=1S/C11H23N3O/c1-13-8-10(15)14-9-11(12)6-4-2-3-5-7-11/h13H,2-9,12H2,1H3,(H,14,15). The molecule has 0 aromatic carbocycles. The summed E-state index contributed by atoms with van der Waals surface area (Å²) in [7, 11) is 1.77. The molecule has 0 spiro atoms. The highest BCUT2D eigenvalue weighted by molar-refractivity contribution is 5.78. The Morgan fingerprint density at radius 3 is 2.40 bits per heavy atom. The second-order valence-corrected chi connectivity index (χ2v) is 4.58. The zero-order chi connectivity index (χ0) is 11.1. The minimum Gasteiger partial charge on any atom is -0.353 e. The molecule has 15 heavy (non-hydrogen) atoms. The molecule has 0 bridgehead atoms. The van der Waals surface area contributed by atoms with Gasteiger partial charge in [-0.25, -0.2) is 0 Å². The summed E-state index contributed by atoms with van der Waals surface area (Å²) in [5.74, 6) is 0.0339. The van der Waals surface area contributed by atoms with Crippen molar-refractivity contribution in [1.82, 2.24) is 10.6 Å². The summed E-state index contributed by atoms with van der Waals surface area (Å²) in [5, 5.41) is 5.72. The second-order valence-electron chi connectivity index (χ2n) is 4.58. The van der Waals surface area contributed by atoms with Crippen LogP contribution in [0.15, 0.2) is 0 Å². The molecular formula is C11H23N3O. The minimum atomic E-state index is -0.167. The third-order valence-electron chi connectivity index (χ3n) is 3.07. The third-order valence-corrected chi connectivity index (χ3v) is 3.07. The highest BCUT2D eigenvalue weighted by Gasteiger charge is 2.26. The zero-order valence-electron chi connectivity index (χ0n) is 9.64. The van der Waals surface area contributed by atoms with E-state index < -0.39 is 0 Å². The Morgan fingerprint density at radius 2 is 1.87 bits per heavy atom. The molecule has 1 fully saturated rings. The smallest absolute Gasteiger partial charge is 0.234 e. The Kier molecular flexibility index (Phi) is 5.05. The van der Waals surface area contributed by atoms with E-state index in [4.69, 9.17) is 5.73 Å². The molecule has 0 aromatic heterocycles. The van der Waals surface area contributed by atoms with Crippen molar-refractivity contribution in [2.75, 3.05) is 20.1 Å². The van der Waals surface area contributed by atoms with E-state index in [1.165, 1.54) is 25.7 Å². The first kappa shape index (κ1) is 12.5. The average molecular weight is 213 g/mol. The first-order valence-electron chi connectivity index (χ1n) is 5.86. The Hall–Kier alpha value is -0.610. The van der Waals surface area contributed by atoms with Crippen LogP contribution in [0.1, 0.15) is 38.5 Å². The Morgan fingerprint density at radius 1 is 1.27 bits per heavy atom. The van der Waals surface area contributed by atoms with Gasteiger partial charge in [-0.05, 0) is 19.9 Å². The van der Waals surface area contributed by atoms with E-state index in [0.717, 1.165) is 12.8 Å². The van der Waals surface area contributed by atoms with Gasteiger partial charge in [0.1, 0.15) is 0 Å². The van der Waals surface area contributed by atoms with Crippen LogP contribution in [0.5, 0.6) is 0 Å². The van der Waals surface area contributed by atoms with Crippen LogP contribution in [0.25, 0.3) is 0 Å². The molecule has 1 aliphatic rings. The second kappa shape index (κ2) is 6.08. The lowest BCUT2D eigenvalue weighted by Crippen LogP contribution is -2.50. The lowest BCUT2D eigenvalue weighted by molar-refractivity contribution is -0.120. The van der Waals surface area contributed by atoms with E-state index in [1.807, 2.05) is 0 Å². The fourth-order valence-electron chi connectivity index (χ4n) is 2.11. The maximum absolute atomic E-state index is 11.3. The highest BCUT2D eigenvalue weighted by Crippen LogP contribution is 2.24. The number of nitrogens with two attached hydrogens (primary N) is 1. The van der Waals surface area contributed by atoms with Crippen molar-refractivity contribution in [3.63, 3.8) is 0 Å². The Bertz CT molecular complexity index is 198. The van der Waals surface area contributed by atoms with Crippen molar-refractivity contribution in [2.24, 2.45) is 5.73 Å². The molecule has 1 saturated carbocycles. The van der Waals surface area contributed by atoms with Gasteiger partial charge in [-0.15, -0.1) is 0 Å². The van der Waals surface area contributed by atoms with E-state index in [1.54, 1.807) is 7.05 Å². The summed E-state index contributed by atoms with van der Waals surface area (Å²) in [6.45, 7) is 0.990. The van der Waals surface area contributed by atoms with Crippen LogP contribution < -0.4 is 16.4 Å². The number of likely N-dealkylation sites (N-methyl/N-ethyl adjacent to an activating group) is 1. The third kappa shape index (κ3) is 4.62. The van der Waals surface area contributed by atoms with E-state index >= 15 is 0 Å². The molecule has 0 radical (unpaired) electrons. The molecule has 88 valence electrons. The quantitative estimate of drug-likeness (QED) is 0.591. The predicted octanol–water partition coefficient (Wildman–Crippen LogP) is 0.374. The molecule has 0 heterocycles. The van der Waals surface area contributed by atoms with Crippen LogP contribution >= 0.6 is 0 Å². The summed E-state index contributed by atoms with van der Waals surface area (Å²) in [6.07, 6.45) is 7.02. The van der Waals surface area contributed by atoms with Crippen LogP contribution in [-0.4, -0.2) is 31.6 Å². The summed E-state index contributed by atoms with van der Waals surface area (Å²) in [4.78, 5) is 11.3. The largest absolute Gasteiger partial charge is 0.353 e. The van der Waals surface area contributed by atoms with Gasteiger partial charge in [-0.3, -0.25) is 4.79 Å². The summed E-state index contributed by atoms with van der Waals surface area (Å²) in [6, 6.07) is 0. The number of rotatable bonds is 4. The fourth-order valence-corrected chi connectivity index (χ4v) is 2.11. The minimum absolute atomic E-state index is 0.0339. The van der Waals surface area contributed by atoms with Gasteiger partial charge in [-0.2, -0.15) is 0 Å². The van der Waals surface area contributed by atoms with Gasteiger partial charge < -0.3 is 16.4 Å². The molecule has 1 rings (SSSR count). The SMILES string of the molecule is CNCC(=O)NCC1(N)CCCCCC1. The number of carbonyl (C=O) groups is 1. The van der Waals surface area contributed by atoms with Gasteiger partial charge in [0, 0.05) is 12.1 Å². The molecule has 0 unspecified atom stereocenters. The normalized spacial score (nSPS) is 20.7. The Labute approximate surface area is 92.0 Å². The van der Waals surface area contributed by atoms with Gasteiger partial charge in [0.05, 0.1) is 6.54 Å². The Balaban J connectivity index is 2.30. The highest BCUT2D eigenvalue weighted by atomic mass is 16.1. The van der Waals surface area contributed by atoms with Gasteiger partial charge >= 0.3 is 0 Å². The molecule has 4 nitrogen and oxygen atoms in total. The van der Waals surface area contributed by atoms with Crippen LogP contribution in [0.4, 0.5) is 0 Å². The van der Waals surface area contributed by atoms with Crippen molar-refractivity contribution >= 4 is 5.91 Å². The van der Waals surface area contributed by atoms with Crippen molar-refractivity contribution in [1.29, 1.82) is 0 Å². The topological polar surface area (TPSA) is 67.2 Å². The van der Waals surface area contributed by atoms with Crippen molar-refractivity contribution < 1.29 is 4.79 Å². The zero-order valence-corrected chi connectivity index (χ0v) is 9.64. The molecule has 4 heteroatoms. The number of nitrogens with one attached hydrogen (secondary N) is 2. The van der Waals surface area contributed by atoms with Gasteiger partial charge in [0.25, 0.3) is 0 Å². The number of carbonyl (C=O) groups excluding carboxylic acids is 1. The molecule has 0 saturated heterocycles. The lowest BCUT2D eigenvalue weighted by Gasteiger charge is -2.28. The van der Waals surface area contributed by atoms with Crippen LogP contribution in [0, 0.1) is 0 Å². The van der Waals surface area contributed by atoms with E-state index in [0.29, 0.717) is 13.1 Å². The molecule has 0 aromatic rings. The first-order valence-corrected chi connectivity index (χ1v) is 5.86. The van der Waals surface area contributed by atoms with Crippen molar-refractivity contribution in [3.05, 3.63) is 0 Å². The van der Waals surface area contributed by atoms with Crippen LogP contribution in [0.3, 0.4) is 0 Å². The van der Waals surface area contributed by atoms with Crippen LogP contribution in [-0.2, 0) is 4.79 Å². The predicted molar refractivity (Wildman–Crippen MR) is 61.6 cm³/mol. The summed E-state index contributed by atoms with van der Waals surface area (Å²) >= 11 is 0. The fraction of sp³-hybridized carbons (Fsp3) is 0.909. The monoisotopic (exact) mass is 213 g/mol. The maximum Gasteiger partial charge on any atom is 0.234 e. The van der Waals surface area contributed by atoms with Crippen molar-refractivity contribution in [2.45, 2.75) is 44.1 Å². The molecular weight excluding hydrogens is 190 g/mol. The number of hydrogen-bond acceptors (Lipinski definition) is 3. The van der Waals surface area contributed by atoms with Gasteiger partial charge in [0.15, 0.2) is 0 Å². The average Bonchev–Trinajstić information content (AvgIpc) is 2.42. The molecule has 0 atom stereocenters. The molecule has 1 aliphatic carbocycles. The van der Waals surface area contributed by atoms with Crippen LogP contribution in [0.2, 0.25) is 0 Å². The number of hydrogen-bond donors (Lipinski definition) is 3. The molecule has 4 N–H and O–H groups in total. The maximum atomic E-state index is 11.3. The molecule has 0 aliphatic heterocycles. The van der Waals surface area contributed by atoms with Gasteiger partial charge in [0.2, 0.25) is 5.91 Å². The first-order chi connectivity index (χ1) is 7.16. The summed E-state index contributed by atoms with van der Waals surface area (Å²) in [5.41, 5.74) is 6.10. The van der Waals surface area contributed by atoms with E-state index in [9.17, 15) is 4.79 Å². The molecule has 1 amide bonds.